The summed E-state index contributed by atoms with van der Waals surface area (Å²) >= 11 is 0. The van der Waals surface area contributed by atoms with E-state index in [-0.39, 0.29) is 18.5 Å². The van der Waals surface area contributed by atoms with Crippen LogP contribution < -0.4 is 5.73 Å². The summed E-state index contributed by atoms with van der Waals surface area (Å²) in [5.41, 5.74) is 6.23. The highest BCUT2D eigenvalue weighted by Gasteiger charge is 2.29. The molecule has 2 heterocycles. The summed E-state index contributed by atoms with van der Waals surface area (Å²) in [6.07, 6.45) is 3.05. The van der Waals surface area contributed by atoms with Crippen molar-refractivity contribution in [3.63, 3.8) is 0 Å². The van der Waals surface area contributed by atoms with Gasteiger partial charge in [-0.1, -0.05) is 41.9 Å². The number of hydrogen-bond acceptors (Lipinski definition) is 5. The van der Waals surface area contributed by atoms with E-state index < -0.39 is 0 Å². The van der Waals surface area contributed by atoms with Crippen molar-refractivity contribution in [2.75, 3.05) is 13.1 Å². The number of carbonyl (C=O) groups is 1. The van der Waals surface area contributed by atoms with E-state index in [0.717, 1.165) is 31.4 Å². The third kappa shape index (κ3) is 3.11. The van der Waals surface area contributed by atoms with Crippen LogP contribution in [-0.2, 0) is 4.79 Å². The zero-order valence-corrected chi connectivity index (χ0v) is 11.7. The van der Waals surface area contributed by atoms with Crippen molar-refractivity contribution in [3.8, 4) is 11.4 Å². The Hall–Kier alpha value is -2.21. The van der Waals surface area contributed by atoms with Crippen molar-refractivity contribution >= 4 is 5.91 Å². The van der Waals surface area contributed by atoms with Gasteiger partial charge in [-0.2, -0.15) is 4.98 Å². The van der Waals surface area contributed by atoms with Crippen LogP contribution >= 0.6 is 0 Å². The van der Waals surface area contributed by atoms with Crippen molar-refractivity contribution in [1.82, 2.24) is 15.0 Å². The molecule has 1 aliphatic rings. The van der Waals surface area contributed by atoms with Gasteiger partial charge in [0.05, 0.1) is 12.6 Å². The summed E-state index contributed by atoms with van der Waals surface area (Å²) in [7, 11) is 0. The minimum atomic E-state index is -0.329. The monoisotopic (exact) mass is 286 g/mol. The lowest BCUT2D eigenvalue weighted by atomic mass is 10.0. The van der Waals surface area contributed by atoms with Gasteiger partial charge in [0.2, 0.25) is 17.6 Å². The molecule has 1 aliphatic heterocycles. The lowest BCUT2D eigenvalue weighted by Crippen LogP contribution is -2.39. The summed E-state index contributed by atoms with van der Waals surface area (Å²) in [4.78, 5) is 17.7. The van der Waals surface area contributed by atoms with Crippen molar-refractivity contribution in [1.29, 1.82) is 0 Å². The number of hydrogen-bond donors (Lipinski definition) is 1. The van der Waals surface area contributed by atoms with Gasteiger partial charge in [0.25, 0.3) is 0 Å². The molecular formula is C15H18N4O2. The fourth-order valence-corrected chi connectivity index (χ4v) is 2.74. The second-order valence-corrected chi connectivity index (χ2v) is 5.27. The van der Waals surface area contributed by atoms with Gasteiger partial charge in [0.1, 0.15) is 0 Å². The fourth-order valence-electron chi connectivity index (χ4n) is 2.74. The van der Waals surface area contributed by atoms with Crippen LogP contribution in [0.15, 0.2) is 34.9 Å². The zero-order chi connectivity index (χ0) is 14.7. The Morgan fingerprint density at radius 3 is 2.90 bits per heavy atom. The summed E-state index contributed by atoms with van der Waals surface area (Å²) in [6, 6.07) is 9.68. The van der Waals surface area contributed by atoms with Gasteiger partial charge in [-0.25, -0.2) is 0 Å². The van der Waals surface area contributed by atoms with E-state index in [9.17, 15) is 4.79 Å². The average Bonchev–Trinajstić information content (AvgIpc) is 2.98. The molecule has 0 radical (unpaired) electrons. The molecule has 3 rings (SSSR count). The maximum atomic E-state index is 11.2. The van der Waals surface area contributed by atoms with Crippen LogP contribution in [0.1, 0.15) is 31.2 Å². The third-order valence-electron chi connectivity index (χ3n) is 3.73. The molecule has 2 N–H and O–H groups in total. The second kappa shape index (κ2) is 6.05. The lowest BCUT2D eigenvalue weighted by Gasteiger charge is -2.32. The number of carbonyl (C=O) groups excluding carboxylic acids is 1. The molecule has 0 spiro atoms. The number of amides is 1. The first-order valence-corrected chi connectivity index (χ1v) is 7.15. The summed E-state index contributed by atoms with van der Waals surface area (Å²) in [6.45, 7) is 1.06. The Bertz CT molecular complexity index is 611. The van der Waals surface area contributed by atoms with E-state index >= 15 is 0 Å². The molecule has 2 aromatic rings. The Labute approximate surface area is 122 Å². The average molecular weight is 286 g/mol. The van der Waals surface area contributed by atoms with Gasteiger partial charge in [0.15, 0.2) is 0 Å². The minimum Gasteiger partial charge on any atom is -0.369 e. The van der Waals surface area contributed by atoms with Gasteiger partial charge in [-0.05, 0) is 19.4 Å². The standard InChI is InChI=1S/C15H18N4O2/c16-13(20)10-19-9-5-4-8-12(19)15-17-14(18-21-15)11-6-2-1-3-7-11/h1-3,6-7,12H,4-5,8-10H2,(H2,16,20). The Balaban J connectivity index is 1.82. The Morgan fingerprint density at radius 2 is 2.14 bits per heavy atom. The van der Waals surface area contributed by atoms with Gasteiger partial charge >= 0.3 is 0 Å². The van der Waals surface area contributed by atoms with Crippen LogP contribution in [0.2, 0.25) is 0 Å². The first-order valence-electron chi connectivity index (χ1n) is 7.15. The molecule has 21 heavy (non-hydrogen) atoms. The molecule has 1 amide bonds. The second-order valence-electron chi connectivity index (χ2n) is 5.27. The van der Waals surface area contributed by atoms with Crippen LogP contribution in [0.5, 0.6) is 0 Å². The number of likely N-dealkylation sites (tertiary alicyclic amines) is 1. The molecule has 6 nitrogen and oxygen atoms in total. The quantitative estimate of drug-likeness (QED) is 0.925. The summed E-state index contributed by atoms with van der Waals surface area (Å²) in [5, 5.41) is 4.05. The van der Waals surface area contributed by atoms with Crippen LogP contribution in [0.3, 0.4) is 0 Å². The molecule has 1 aromatic carbocycles. The van der Waals surface area contributed by atoms with Crippen LogP contribution in [0.25, 0.3) is 11.4 Å². The maximum Gasteiger partial charge on any atom is 0.244 e. The normalized spacial score (nSPS) is 19.5. The number of aromatic nitrogens is 2. The van der Waals surface area contributed by atoms with Crippen molar-refractivity contribution in [2.24, 2.45) is 5.73 Å². The number of benzene rings is 1. The highest BCUT2D eigenvalue weighted by molar-refractivity contribution is 5.76. The predicted molar refractivity (Wildman–Crippen MR) is 77.1 cm³/mol. The van der Waals surface area contributed by atoms with E-state index in [0.29, 0.717) is 11.7 Å². The highest BCUT2D eigenvalue weighted by atomic mass is 16.5. The summed E-state index contributed by atoms with van der Waals surface area (Å²) < 4.78 is 5.42. The molecular weight excluding hydrogens is 268 g/mol. The first kappa shape index (κ1) is 13.8. The van der Waals surface area contributed by atoms with E-state index in [4.69, 9.17) is 10.3 Å². The molecule has 0 bridgehead atoms. The predicted octanol–water partition coefficient (Wildman–Crippen LogP) is 1.75. The fraction of sp³-hybridized carbons (Fsp3) is 0.400. The first-order chi connectivity index (χ1) is 10.2. The zero-order valence-electron chi connectivity index (χ0n) is 11.7. The van der Waals surface area contributed by atoms with E-state index in [2.05, 4.69) is 10.1 Å². The smallest absolute Gasteiger partial charge is 0.244 e. The number of piperidine rings is 1. The topological polar surface area (TPSA) is 85.3 Å². The molecule has 1 saturated heterocycles. The molecule has 1 unspecified atom stereocenters. The van der Waals surface area contributed by atoms with Crippen molar-refractivity contribution in [3.05, 3.63) is 36.2 Å². The van der Waals surface area contributed by atoms with Crippen LogP contribution in [-0.4, -0.2) is 34.0 Å². The molecule has 0 aliphatic carbocycles. The van der Waals surface area contributed by atoms with Gasteiger partial charge in [-0.3, -0.25) is 9.69 Å². The highest BCUT2D eigenvalue weighted by Crippen LogP contribution is 2.30. The Kier molecular flexibility index (Phi) is 3.96. The number of nitrogens with two attached hydrogens (primary N) is 1. The lowest BCUT2D eigenvalue weighted by molar-refractivity contribution is -0.120. The third-order valence-corrected chi connectivity index (χ3v) is 3.73. The SMILES string of the molecule is NC(=O)CN1CCCCC1c1nc(-c2ccccc2)no1. The summed E-state index contributed by atoms with van der Waals surface area (Å²) in [5.74, 6) is 0.815. The number of rotatable bonds is 4. The van der Waals surface area contributed by atoms with Gasteiger partial charge < -0.3 is 10.3 Å². The molecule has 1 atom stereocenters. The largest absolute Gasteiger partial charge is 0.369 e. The molecule has 6 heteroatoms. The Morgan fingerprint density at radius 1 is 1.33 bits per heavy atom. The maximum absolute atomic E-state index is 11.2. The van der Waals surface area contributed by atoms with E-state index in [1.165, 1.54) is 0 Å². The van der Waals surface area contributed by atoms with Crippen molar-refractivity contribution in [2.45, 2.75) is 25.3 Å². The van der Waals surface area contributed by atoms with E-state index in [1.807, 2.05) is 35.2 Å². The van der Waals surface area contributed by atoms with Crippen LogP contribution in [0.4, 0.5) is 0 Å². The molecule has 110 valence electrons. The number of primary amides is 1. The van der Waals surface area contributed by atoms with Gasteiger partial charge in [-0.15, -0.1) is 0 Å². The van der Waals surface area contributed by atoms with E-state index in [1.54, 1.807) is 0 Å². The number of nitrogens with zero attached hydrogens (tertiary/aromatic N) is 3. The minimum absolute atomic E-state index is 0.0174. The molecule has 1 fully saturated rings. The van der Waals surface area contributed by atoms with Crippen LogP contribution in [0, 0.1) is 0 Å². The molecule has 0 saturated carbocycles. The van der Waals surface area contributed by atoms with Gasteiger partial charge in [0, 0.05) is 5.56 Å². The molecule has 1 aromatic heterocycles. The van der Waals surface area contributed by atoms with Crippen molar-refractivity contribution < 1.29 is 9.32 Å².